The predicted octanol–water partition coefficient (Wildman–Crippen LogP) is -3.82. The molecule has 12 nitrogen and oxygen atoms in total. The molecule has 2 N–H and O–H groups in total. The van der Waals surface area contributed by atoms with Crippen molar-refractivity contribution in [2.24, 2.45) is 0 Å². The van der Waals surface area contributed by atoms with E-state index in [4.69, 9.17) is 46.0 Å². The topological polar surface area (TPSA) is 193 Å². The van der Waals surface area contributed by atoms with Crippen LogP contribution in [0.4, 0.5) is 0 Å². The zero-order valence-electron chi connectivity index (χ0n) is 6.59. The Kier molecular flexibility index (Phi) is 47.8. The average molecular weight is 261 g/mol. The van der Waals surface area contributed by atoms with Crippen molar-refractivity contribution in [2.75, 3.05) is 0 Å². The van der Waals surface area contributed by atoms with E-state index < -0.39 is 15.3 Å². The number of hydrogen-bond donors (Lipinski definition) is 2. The maximum Gasteiger partial charge on any atom is 1.00 e. The number of nitrogens with zero attached hydrogens (tertiary/aromatic N) is 3. The summed E-state index contributed by atoms with van der Waals surface area (Å²) < 4.78 is 0. The van der Waals surface area contributed by atoms with Crippen molar-refractivity contribution in [2.45, 2.75) is 0 Å². The molecule has 80 valence electrons. The molecule has 0 amide bonds. The molecule has 0 saturated carbocycles. The van der Waals surface area contributed by atoms with Crippen LogP contribution in [-0.4, -0.2) is 25.7 Å². The minimum absolute atomic E-state index is 0. The zero-order valence-corrected chi connectivity index (χ0v) is 10.7. The molecule has 0 rings (SSSR count). The Morgan fingerprint density at radius 1 is 0.786 bits per heavy atom. The first-order valence-electron chi connectivity index (χ1n) is 1.68. The second-order valence-electron chi connectivity index (χ2n) is 0.699. The summed E-state index contributed by atoms with van der Waals surface area (Å²) in [6.45, 7) is 0. The van der Waals surface area contributed by atoms with Crippen molar-refractivity contribution in [1.82, 2.24) is 0 Å². The summed E-state index contributed by atoms with van der Waals surface area (Å²) >= 11 is 0. The van der Waals surface area contributed by atoms with Crippen molar-refractivity contribution >= 4 is 13.5 Å². The van der Waals surface area contributed by atoms with E-state index in [9.17, 15) is 0 Å². The van der Waals surface area contributed by atoms with Gasteiger partial charge in [0.25, 0.3) is 10.2 Å². The van der Waals surface area contributed by atoms with Gasteiger partial charge in [-0.15, -0.1) is 20.2 Å². The van der Waals surface area contributed by atoms with E-state index >= 15 is 0 Å². The fraction of sp³-hybridized carbons (Fsp3) is 0. The van der Waals surface area contributed by atoms with Crippen LogP contribution in [0.15, 0.2) is 0 Å². The van der Waals surface area contributed by atoms with E-state index in [1.165, 1.54) is 0 Å². The predicted molar refractivity (Wildman–Crippen MR) is 38.3 cm³/mol. The van der Waals surface area contributed by atoms with Crippen LogP contribution in [0.5, 0.6) is 0 Å². The third-order valence-corrected chi connectivity index (χ3v) is 0. The molecule has 0 atom stereocenters. The average Bonchev–Trinajstić information content (AvgIpc) is 1.54. The minimum atomic E-state index is -1.75. The molecule has 0 aliphatic heterocycles. The van der Waals surface area contributed by atoms with Crippen LogP contribution in [0.25, 0.3) is 0 Å². The van der Waals surface area contributed by atoms with E-state index in [2.05, 4.69) is 0 Å². The largest absolute Gasteiger partial charge is 1.00 e. The molecular formula is H4KN3O9S. The van der Waals surface area contributed by atoms with Gasteiger partial charge in [0.1, 0.15) is 0 Å². The molecule has 0 fully saturated rings. The van der Waals surface area contributed by atoms with Gasteiger partial charge in [-0.2, -0.15) is 13.5 Å². The van der Waals surface area contributed by atoms with Crippen LogP contribution >= 0.6 is 13.5 Å². The molecular weight excluding hydrogens is 257 g/mol. The van der Waals surface area contributed by atoms with Crippen molar-refractivity contribution in [3.8, 4) is 0 Å². The summed E-state index contributed by atoms with van der Waals surface area (Å²) in [5.41, 5.74) is 0. The monoisotopic (exact) mass is 261 g/mol. The molecule has 0 aliphatic carbocycles. The minimum Gasteiger partial charge on any atom is -0.356 e. The van der Waals surface area contributed by atoms with Gasteiger partial charge in [0.15, 0.2) is 0 Å². The summed E-state index contributed by atoms with van der Waals surface area (Å²) in [6, 6.07) is 0. The Morgan fingerprint density at radius 3 is 0.786 bits per heavy atom. The van der Waals surface area contributed by atoms with Crippen molar-refractivity contribution in [3.05, 3.63) is 35.6 Å². The van der Waals surface area contributed by atoms with Gasteiger partial charge in [-0.25, -0.2) is 0 Å². The van der Waals surface area contributed by atoms with Crippen LogP contribution in [0, 0.1) is 35.6 Å². The molecule has 0 aromatic rings. The van der Waals surface area contributed by atoms with Crippen LogP contribution < -0.4 is 51.4 Å². The number of hydrogen-bond acceptors (Lipinski definition) is 7. The molecule has 0 aromatic carbocycles. The Balaban J connectivity index is -0.0000000270. The summed E-state index contributed by atoms with van der Waals surface area (Å²) in [6.07, 6.45) is 0. The molecule has 0 bridgehead atoms. The van der Waals surface area contributed by atoms with Crippen LogP contribution in [-0.2, 0) is 0 Å². The molecule has 14 heteroatoms. The summed E-state index contributed by atoms with van der Waals surface area (Å²) in [7, 11) is 0. The van der Waals surface area contributed by atoms with Gasteiger partial charge in [0, 0.05) is 0 Å². The van der Waals surface area contributed by atoms with E-state index in [0.29, 0.717) is 0 Å². The second-order valence-corrected chi connectivity index (χ2v) is 0.699. The van der Waals surface area contributed by atoms with Gasteiger partial charge in [0.05, 0.1) is 5.09 Å². The smallest absolute Gasteiger partial charge is 0.356 e. The van der Waals surface area contributed by atoms with E-state index in [-0.39, 0.29) is 64.9 Å². The molecule has 0 aliphatic rings. The summed E-state index contributed by atoms with van der Waals surface area (Å²) in [5, 5.41) is 42.0. The molecule has 0 aromatic heterocycles. The normalized spacial score (nSPS) is 5.14. The van der Waals surface area contributed by atoms with Crippen molar-refractivity contribution in [1.29, 1.82) is 0 Å². The zero-order chi connectivity index (χ0) is 10.7. The van der Waals surface area contributed by atoms with Gasteiger partial charge in [0.2, 0.25) is 0 Å². The second kappa shape index (κ2) is 22.9. The first kappa shape index (κ1) is 29.2. The van der Waals surface area contributed by atoms with Gasteiger partial charge in [-0.05, 0) is 0 Å². The van der Waals surface area contributed by atoms with Crippen LogP contribution in [0.3, 0.4) is 0 Å². The Labute approximate surface area is 125 Å². The Bertz CT molecular complexity index is 118. The number of rotatable bonds is 0. The molecule has 0 unspecified atom stereocenters. The molecule has 0 spiro atoms. The van der Waals surface area contributed by atoms with Crippen molar-refractivity contribution < 1.29 is 77.1 Å². The standard InChI is InChI=1S/K.2HNO3.NO3.H2S/c;3*2-1(3)4;/h;2*(H,2,3,4);;1H2/q+1;;;-1;. The third kappa shape index (κ3) is 7590. The first-order valence-corrected chi connectivity index (χ1v) is 1.68. The molecule has 0 saturated heterocycles. The Hall–Kier alpha value is -0.414. The maximum absolute atomic E-state index is 8.36. The molecule has 0 radical (unpaired) electrons. The fourth-order valence-corrected chi connectivity index (χ4v) is 0. The van der Waals surface area contributed by atoms with Crippen LogP contribution in [0.1, 0.15) is 0 Å². The van der Waals surface area contributed by atoms with Crippen molar-refractivity contribution in [3.63, 3.8) is 0 Å². The van der Waals surface area contributed by atoms with Gasteiger partial charge in [-0.3, -0.25) is 0 Å². The SMILES string of the molecule is O=[N+]([O-])O.O=[N+]([O-])O.O=[N+]([O-])[O-].S.[K+]. The van der Waals surface area contributed by atoms with E-state index in [1.807, 2.05) is 0 Å². The van der Waals surface area contributed by atoms with E-state index in [0.717, 1.165) is 0 Å². The summed E-state index contributed by atoms with van der Waals surface area (Å²) in [5.74, 6) is 0. The maximum atomic E-state index is 8.36. The molecule has 0 heterocycles. The first-order chi connectivity index (χ1) is 5.20. The molecule has 14 heavy (non-hydrogen) atoms. The van der Waals surface area contributed by atoms with E-state index in [1.54, 1.807) is 0 Å². The summed E-state index contributed by atoms with van der Waals surface area (Å²) in [4.78, 5) is 25.0. The van der Waals surface area contributed by atoms with Gasteiger partial charge >= 0.3 is 51.4 Å². The quantitative estimate of drug-likeness (QED) is 0.249. The third-order valence-electron chi connectivity index (χ3n) is 0. The fourth-order valence-electron chi connectivity index (χ4n) is 0. The van der Waals surface area contributed by atoms with Gasteiger partial charge < -0.3 is 25.7 Å². The Morgan fingerprint density at radius 2 is 0.786 bits per heavy atom. The van der Waals surface area contributed by atoms with Gasteiger partial charge in [-0.1, -0.05) is 0 Å². The van der Waals surface area contributed by atoms with Crippen LogP contribution in [0.2, 0.25) is 0 Å².